The quantitative estimate of drug-likeness (QED) is 0.631. The van der Waals surface area contributed by atoms with Gasteiger partial charge in [-0.3, -0.25) is 0 Å². The summed E-state index contributed by atoms with van der Waals surface area (Å²) in [5, 5.41) is 0. The number of halogens is 3. The summed E-state index contributed by atoms with van der Waals surface area (Å²) < 4.78 is 62.4. The molecule has 1 aromatic rings. The highest BCUT2D eigenvalue weighted by Gasteiger charge is 2.49. The smallest absolute Gasteiger partial charge is 0.337 e. The third-order valence-corrected chi connectivity index (χ3v) is 3.40. The van der Waals surface area contributed by atoms with Crippen LogP contribution >= 0.6 is 0 Å². The van der Waals surface area contributed by atoms with Gasteiger partial charge in [0.25, 0.3) is 0 Å². The standard InChI is InChI=1S/C11H15F3N2O3S/c1-6(2)8-5-15-10(16-9(8)7(3)4)19-20(17,18)11(12,13)14/h5-7H,1-4H3. The summed E-state index contributed by atoms with van der Waals surface area (Å²) in [6, 6.07) is -0.824. The minimum atomic E-state index is -5.75. The number of rotatable bonds is 4. The molecule has 0 unspecified atom stereocenters. The van der Waals surface area contributed by atoms with Crippen molar-refractivity contribution in [2.24, 2.45) is 0 Å². The summed E-state index contributed by atoms with van der Waals surface area (Å²) in [7, 11) is -5.75. The van der Waals surface area contributed by atoms with Crippen LogP contribution in [0.1, 0.15) is 50.8 Å². The molecule has 0 aliphatic heterocycles. The monoisotopic (exact) mass is 312 g/mol. The van der Waals surface area contributed by atoms with Gasteiger partial charge in [0.15, 0.2) is 0 Å². The predicted molar refractivity (Wildman–Crippen MR) is 65.8 cm³/mol. The van der Waals surface area contributed by atoms with E-state index in [0.29, 0.717) is 5.69 Å². The Bertz CT molecular complexity index is 583. The molecule has 114 valence electrons. The van der Waals surface area contributed by atoms with E-state index in [0.717, 1.165) is 5.56 Å². The maximum atomic E-state index is 12.2. The number of alkyl halides is 3. The van der Waals surface area contributed by atoms with Gasteiger partial charge < -0.3 is 4.18 Å². The number of hydrogen-bond acceptors (Lipinski definition) is 5. The summed E-state index contributed by atoms with van der Waals surface area (Å²) in [6.07, 6.45) is 1.29. The van der Waals surface area contributed by atoms with Crippen LogP contribution in [0.15, 0.2) is 6.20 Å². The second-order valence-corrected chi connectivity index (χ2v) is 6.32. The fraction of sp³-hybridized carbons (Fsp3) is 0.636. The van der Waals surface area contributed by atoms with Crippen molar-refractivity contribution in [1.82, 2.24) is 9.97 Å². The van der Waals surface area contributed by atoms with Crippen molar-refractivity contribution in [3.63, 3.8) is 0 Å². The maximum absolute atomic E-state index is 12.2. The molecular formula is C11H15F3N2O3S. The Morgan fingerprint density at radius 3 is 2.10 bits per heavy atom. The molecule has 0 amide bonds. The van der Waals surface area contributed by atoms with Crippen molar-refractivity contribution >= 4 is 10.1 Å². The van der Waals surface area contributed by atoms with Crippen molar-refractivity contribution in [2.45, 2.75) is 45.0 Å². The van der Waals surface area contributed by atoms with Gasteiger partial charge in [-0.1, -0.05) is 27.7 Å². The van der Waals surface area contributed by atoms with Gasteiger partial charge in [-0.25, -0.2) is 4.98 Å². The second kappa shape index (κ2) is 5.55. The van der Waals surface area contributed by atoms with E-state index >= 15 is 0 Å². The Labute approximate surface area is 115 Å². The number of hydrogen-bond donors (Lipinski definition) is 0. The lowest BCUT2D eigenvalue weighted by molar-refractivity contribution is -0.0502. The average molecular weight is 312 g/mol. The summed E-state index contributed by atoms with van der Waals surface area (Å²) in [5.41, 5.74) is -4.32. The van der Waals surface area contributed by atoms with Gasteiger partial charge >= 0.3 is 21.6 Å². The Hall–Kier alpha value is -1.38. The second-order valence-electron chi connectivity index (χ2n) is 4.79. The molecule has 0 bridgehead atoms. The van der Waals surface area contributed by atoms with E-state index < -0.39 is 21.6 Å². The van der Waals surface area contributed by atoms with E-state index in [1.165, 1.54) is 6.20 Å². The SMILES string of the molecule is CC(C)c1cnc(OS(=O)(=O)C(F)(F)F)nc1C(C)C. The van der Waals surface area contributed by atoms with Crippen LogP contribution in [0.3, 0.4) is 0 Å². The molecule has 1 heterocycles. The first-order chi connectivity index (χ1) is 8.95. The van der Waals surface area contributed by atoms with Crippen LogP contribution in [0, 0.1) is 0 Å². The minimum absolute atomic E-state index is 0.0562. The molecule has 9 heteroatoms. The fourth-order valence-corrected chi connectivity index (χ4v) is 1.85. The lowest BCUT2D eigenvalue weighted by Crippen LogP contribution is -2.29. The van der Waals surface area contributed by atoms with Crippen LogP contribution in [0.25, 0.3) is 0 Å². The number of nitrogens with zero attached hydrogens (tertiary/aromatic N) is 2. The van der Waals surface area contributed by atoms with Crippen molar-refractivity contribution in [3.05, 3.63) is 17.5 Å². The minimum Gasteiger partial charge on any atom is -0.337 e. The maximum Gasteiger partial charge on any atom is 0.534 e. The van der Waals surface area contributed by atoms with E-state index in [1.54, 1.807) is 13.8 Å². The lowest BCUT2D eigenvalue weighted by atomic mass is 9.97. The van der Waals surface area contributed by atoms with Gasteiger partial charge in [0.1, 0.15) is 0 Å². The molecule has 0 aromatic carbocycles. The van der Waals surface area contributed by atoms with E-state index in [1.807, 2.05) is 13.8 Å². The summed E-state index contributed by atoms with van der Waals surface area (Å²) in [4.78, 5) is 7.31. The van der Waals surface area contributed by atoms with E-state index in [9.17, 15) is 21.6 Å². The van der Waals surface area contributed by atoms with Gasteiger partial charge in [-0.05, 0) is 17.4 Å². The highest BCUT2D eigenvalue weighted by atomic mass is 32.2. The Kier molecular flexibility index (Phi) is 4.62. The molecule has 0 aliphatic rings. The molecule has 0 fully saturated rings. The summed E-state index contributed by atoms with van der Waals surface area (Å²) in [5.74, 6) is -0.0491. The summed E-state index contributed by atoms with van der Waals surface area (Å²) in [6.45, 7) is 7.32. The summed E-state index contributed by atoms with van der Waals surface area (Å²) >= 11 is 0. The van der Waals surface area contributed by atoms with Crippen molar-refractivity contribution in [1.29, 1.82) is 0 Å². The highest BCUT2D eigenvalue weighted by molar-refractivity contribution is 7.87. The normalized spacial score (nSPS) is 13.1. The van der Waals surface area contributed by atoms with Gasteiger partial charge in [0.05, 0.1) is 5.69 Å². The molecule has 1 aromatic heterocycles. The van der Waals surface area contributed by atoms with E-state index in [4.69, 9.17) is 0 Å². The van der Waals surface area contributed by atoms with Crippen LogP contribution in [-0.2, 0) is 10.1 Å². The average Bonchev–Trinajstić information content (AvgIpc) is 2.26. The molecule has 0 saturated carbocycles. The first-order valence-electron chi connectivity index (χ1n) is 5.83. The van der Waals surface area contributed by atoms with Crippen LogP contribution < -0.4 is 4.18 Å². The topological polar surface area (TPSA) is 69.2 Å². The van der Waals surface area contributed by atoms with Gasteiger partial charge in [0, 0.05) is 6.20 Å². The molecule has 1 rings (SSSR count). The zero-order chi connectivity index (χ0) is 15.7. The van der Waals surface area contributed by atoms with Crippen molar-refractivity contribution in [3.8, 4) is 6.01 Å². The van der Waals surface area contributed by atoms with Gasteiger partial charge in [0.2, 0.25) is 0 Å². The molecule has 0 radical (unpaired) electrons. The third-order valence-electron chi connectivity index (χ3n) is 2.46. The first-order valence-corrected chi connectivity index (χ1v) is 7.24. The van der Waals surface area contributed by atoms with Gasteiger partial charge in [-0.2, -0.15) is 26.6 Å². The van der Waals surface area contributed by atoms with Crippen molar-refractivity contribution < 1.29 is 25.8 Å². The fourth-order valence-electron chi connectivity index (χ4n) is 1.48. The first kappa shape index (κ1) is 16.7. The number of aromatic nitrogens is 2. The Morgan fingerprint density at radius 2 is 1.70 bits per heavy atom. The molecule has 0 atom stereocenters. The van der Waals surface area contributed by atoms with Gasteiger partial charge in [-0.15, -0.1) is 0 Å². The van der Waals surface area contributed by atoms with Crippen LogP contribution in [0.5, 0.6) is 6.01 Å². The molecule has 5 nitrogen and oxygen atoms in total. The van der Waals surface area contributed by atoms with E-state index in [2.05, 4.69) is 14.2 Å². The molecule has 0 spiro atoms. The highest BCUT2D eigenvalue weighted by Crippen LogP contribution is 2.28. The predicted octanol–water partition coefficient (Wildman–Crippen LogP) is 2.95. The van der Waals surface area contributed by atoms with Crippen molar-refractivity contribution in [2.75, 3.05) is 0 Å². The largest absolute Gasteiger partial charge is 0.534 e. The van der Waals surface area contributed by atoms with Crippen LogP contribution in [-0.4, -0.2) is 23.9 Å². The Balaban J connectivity index is 3.21. The van der Waals surface area contributed by atoms with E-state index in [-0.39, 0.29) is 11.8 Å². The third kappa shape index (κ3) is 3.59. The zero-order valence-electron chi connectivity index (χ0n) is 11.4. The molecule has 0 N–H and O–H groups in total. The molecule has 20 heavy (non-hydrogen) atoms. The molecule has 0 aliphatic carbocycles. The molecule has 0 saturated heterocycles. The lowest BCUT2D eigenvalue weighted by Gasteiger charge is -2.15. The molecular weight excluding hydrogens is 297 g/mol. The van der Waals surface area contributed by atoms with Crippen LogP contribution in [0.2, 0.25) is 0 Å². The zero-order valence-corrected chi connectivity index (χ0v) is 12.2. The Morgan fingerprint density at radius 1 is 1.15 bits per heavy atom. The van der Waals surface area contributed by atoms with Crippen LogP contribution in [0.4, 0.5) is 13.2 Å².